The van der Waals surface area contributed by atoms with Gasteiger partial charge >= 0.3 is 0 Å². The second-order valence-electron chi connectivity index (χ2n) is 5.70. The topological polar surface area (TPSA) is 64.1 Å². The highest BCUT2D eigenvalue weighted by Crippen LogP contribution is 2.23. The zero-order valence-corrected chi connectivity index (χ0v) is 14.3. The maximum atomic E-state index is 13.3. The molecule has 0 bridgehead atoms. The highest BCUT2D eigenvalue weighted by Gasteiger charge is 2.18. The van der Waals surface area contributed by atoms with Crippen LogP contribution >= 0.6 is 0 Å². The monoisotopic (exact) mass is 339 g/mol. The second-order valence-corrected chi connectivity index (χ2v) is 5.70. The van der Waals surface area contributed by atoms with Gasteiger partial charge in [0.1, 0.15) is 5.82 Å². The van der Waals surface area contributed by atoms with E-state index in [9.17, 15) is 9.18 Å². The van der Waals surface area contributed by atoms with Gasteiger partial charge < -0.3 is 10.1 Å². The molecule has 1 N–H and O–H groups in total. The summed E-state index contributed by atoms with van der Waals surface area (Å²) in [6.07, 6.45) is 0. The summed E-state index contributed by atoms with van der Waals surface area (Å²) >= 11 is 0. The third-order valence-electron chi connectivity index (χ3n) is 3.83. The van der Waals surface area contributed by atoms with Crippen LogP contribution in [0.3, 0.4) is 0 Å². The largest absolute Gasteiger partial charge is 0.476 e. The molecule has 6 heteroatoms. The first-order valence-corrected chi connectivity index (χ1v) is 7.96. The van der Waals surface area contributed by atoms with Gasteiger partial charge in [-0.05, 0) is 62.2 Å². The average molecular weight is 339 g/mol. The van der Waals surface area contributed by atoms with Crippen LogP contribution in [0.1, 0.15) is 28.5 Å². The molecule has 128 valence electrons. The van der Waals surface area contributed by atoms with E-state index in [1.54, 1.807) is 13.0 Å². The highest BCUT2D eigenvalue weighted by atomic mass is 19.1. The van der Waals surface area contributed by atoms with Crippen LogP contribution < -0.4 is 10.1 Å². The smallest absolute Gasteiger partial charge is 0.279 e. The van der Waals surface area contributed by atoms with Crippen molar-refractivity contribution in [2.45, 2.75) is 20.8 Å². The molecule has 1 aromatic heterocycles. The van der Waals surface area contributed by atoms with Crippen molar-refractivity contribution >= 4 is 22.6 Å². The highest BCUT2D eigenvalue weighted by molar-refractivity contribution is 6.05. The Bertz CT molecular complexity index is 957. The molecule has 0 aliphatic carbocycles. The van der Waals surface area contributed by atoms with Crippen molar-refractivity contribution in [2.24, 2.45) is 0 Å². The predicted molar refractivity (Wildman–Crippen MR) is 94.5 cm³/mol. The lowest BCUT2D eigenvalue weighted by Gasteiger charge is -2.11. The average Bonchev–Trinajstić information content (AvgIpc) is 2.56. The van der Waals surface area contributed by atoms with Crippen LogP contribution in [0.2, 0.25) is 0 Å². The number of fused-ring (bicyclic) bond motifs is 1. The number of nitrogens with one attached hydrogen (secondary N) is 1. The normalized spacial score (nSPS) is 10.7. The standard InChI is InChI=1S/C19H18FN3O2/c1-4-25-19-17(18(24)21-14-7-5-6-13(20)10-14)22-15-8-11(2)12(3)9-16(15)23-19/h5-10H,4H2,1-3H3,(H,21,24). The molecule has 1 amide bonds. The molecule has 0 radical (unpaired) electrons. The van der Waals surface area contributed by atoms with Gasteiger partial charge in [0, 0.05) is 5.69 Å². The molecule has 1 heterocycles. The fourth-order valence-corrected chi connectivity index (χ4v) is 2.44. The summed E-state index contributed by atoms with van der Waals surface area (Å²) < 4.78 is 18.8. The van der Waals surface area contributed by atoms with Gasteiger partial charge in [0.25, 0.3) is 5.91 Å². The fraction of sp³-hybridized carbons (Fsp3) is 0.211. The van der Waals surface area contributed by atoms with E-state index in [0.717, 1.165) is 11.1 Å². The van der Waals surface area contributed by atoms with Crippen LogP contribution in [-0.2, 0) is 0 Å². The van der Waals surface area contributed by atoms with Crippen LogP contribution in [0.25, 0.3) is 11.0 Å². The Hall–Kier alpha value is -3.02. The van der Waals surface area contributed by atoms with Crippen molar-refractivity contribution in [3.8, 4) is 5.88 Å². The number of carbonyl (C=O) groups excluding carboxylic acids is 1. The summed E-state index contributed by atoms with van der Waals surface area (Å²) in [6.45, 7) is 6.12. The molecular weight excluding hydrogens is 321 g/mol. The van der Waals surface area contributed by atoms with Crippen molar-refractivity contribution in [1.29, 1.82) is 0 Å². The van der Waals surface area contributed by atoms with Gasteiger partial charge in [0.15, 0.2) is 5.69 Å². The quantitative estimate of drug-likeness (QED) is 0.779. The number of carbonyl (C=O) groups is 1. The van der Waals surface area contributed by atoms with Gasteiger partial charge in [-0.2, -0.15) is 0 Å². The maximum Gasteiger partial charge on any atom is 0.279 e. The summed E-state index contributed by atoms with van der Waals surface area (Å²) in [5.41, 5.74) is 3.82. The number of aromatic nitrogens is 2. The molecule has 0 atom stereocenters. The number of halogens is 1. The van der Waals surface area contributed by atoms with Crippen LogP contribution in [0.4, 0.5) is 10.1 Å². The van der Waals surface area contributed by atoms with Gasteiger partial charge in [0.2, 0.25) is 5.88 Å². The number of amides is 1. The minimum absolute atomic E-state index is 0.0712. The van der Waals surface area contributed by atoms with E-state index in [0.29, 0.717) is 23.3 Å². The molecule has 0 aliphatic heterocycles. The lowest BCUT2D eigenvalue weighted by molar-refractivity contribution is 0.101. The van der Waals surface area contributed by atoms with Gasteiger partial charge in [-0.3, -0.25) is 4.79 Å². The van der Waals surface area contributed by atoms with E-state index in [1.165, 1.54) is 18.2 Å². The zero-order valence-electron chi connectivity index (χ0n) is 14.3. The molecule has 3 rings (SSSR count). The second kappa shape index (κ2) is 6.84. The Kier molecular flexibility index (Phi) is 4.61. The summed E-state index contributed by atoms with van der Waals surface area (Å²) in [6, 6.07) is 9.46. The summed E-state index contributed by atoms with van der Waals surface area (Å²) in [7, 11) is 0. The third kappa shape index (κ3) is 3.57. The number of hydrogen-bond donors (Lipinski definition) is 1. The van der Waals surface area contributed by atoms with Crippen molar-refractivity contribution in [1.82, 2.24) is 9.97 Å². The van der Waals surface area contributed by atoms with E-state index in [-0.39, 0.29) is 11.6 Å². The molecule has 0 fully saturated rings. The van der Waals surface area contributed by atoms with E-state index < -0.39 is 11.7 Å². The van der Waals surface area contributed by atoms with Gasteiger partial charge in [-0.15, -0.1) is 0 Å². The van der Waals surface area contributed by atoms with Crippen molar-refractivity contribution in [3.63, 3.8) is 0 Å². The Morgan fingerprint density at radius 1 is 1.12 bits per heavy atom. The summed E-state index contributed by atoms with van der Waals surface area (Å²) in [5.74, 6) is -0.771. The van der Waals surface area contributed by atoms with Crippen molar-refractivity contribution in [2.75, 3.05) is 11.9 Å². The zero-order chi connectivity index (χ0) is 18.0. The van der Waals surface area contributed by atoms with E-state index >= 15 is 0 Å². The van der Waals surface area contributed by atoms with Gasteiger partial charge in [-0.25, -0.2) is 14.4 Å². The Labute approximate surface area is 144 Å². The van der Waals surface area contributed by atoms with Gasteiger partial charge in [0.05, 0.1) is 17.6 Å². The molecule has 0 unspecified atom stereocenters. The summed E-state index contributed by atoms with van der Waals surface area (Å²) in [5, 5.41) is 2.63. The number of nitrogens with zero attached hydrogens (tertiary/aromatic N) is 2. The predicted octanol–water partition coefficient (Wildman–Crippen LogP) is 4.04. The lowest BCUT2D eigenvalue weighted by atomic mass is 10.1. The molecule has 5 nitrogen and oxygen atoms in total. The number of anilines is 1. The molecule has 0 aliphatic rings. The first-order valence-electron chi connectivity index (χ1n) is 7.96. The number of aryl methyl sites for hydroxylation is 2. The molecule has 2 aromatic carbocycles. The lowest BCUT2D eigenvalue weighted by Crippen LogP contribution is -2.17. The molecule has 3 aromatic rings. The Balaban J connectivity index is 2.04. The van der Waals surface area contributed by atoms with Crippen LogP contribution in [-0.4, -0.2) is 22.5 Å². The Morgan fingerprint density at radius 3 is 2.44 bits per heavy atom. The fourth-order valence-electron chi connectivity index (χ4n) is 2.44. The van der Waals surface area contributed by atoms with Crippen molar-refractivity contribution < 1.29 is 13.9 Å². The van der Waals surface area contributed by atoms with E-state index in [1.807, 2.05) is 26.0 Å². The minimum Gasteiger partial charge on any atom is -0.476 e. The molecule has 25 heavy (non-hydrogen) atoms. The minimum atomic E-state index is -0.498. The number of rotatable bonds is 4. The van der Waals surface area contributed by atoms with Crippen LogP contribution in [0.15, 0.2) is 36.4 Å². The molecule has 0 spiro atoms. The van der Waals surface area contributed by atoms with E-state index in [2.05, 4.69) is 15.3 Å². The molecular formula is C19H18FN3O2. The van der Waals surface area contributed by atoms with Crippen molar-refractivity contribution in [3.05, 3.63) is 59.0 Å². The number of benzene rings is 2. The third-order valence-corrected chi connectivity index (χ3v) is 3.83. The van der Waals surface area contributed by atoms with Crippen LogP contribution in [0, 0.1) is 19.7 Å². The first kappa shape index (κ1) is 16.8. The maximum absolute atomic E-state index is 13.3. The number of ether oxygens (including phenoxy) is 1. The van der Waals surface area contributed by atoms with Gasteiger partial charge in [-0.1, -0.05) is 6.07 Å². The first-order chi connectivity index (χ1) is 12.0. The SMILES string of the molecule is CCOc1nc2cc(C)c(C)cc2nc1C(=O)Nc1cccc(F)c1. The van der Waals surface area contributed by atoms with E-state index in [4.69, 9.17) is 4.74 Å². The molecule has 0 saturated carbocycles. The molecule has 0 saturated heterocycles. The summed E-state index contributed by atoms with van der Waals surface area (Å²) in [4.78, 5) is 21.4. The number of hydrogen-bond acceptors (Lipinski definition) is 4. The van der Waals surface area contributed by atoms with Crippen LogP contribution in [0.5, 0.6) is 5.88 Å². The Morgan fingerprint density at radius 2 is 1.80 bits per heavy atom.